The van der Waals surface area contributed by atoms with Gasteiger partial charge < -0.3 is 9.84 Å². The summed E-state index contributed by atoms with van der Waals surface area (Å²) in [4.78, 5) is 5.28. The third-order valence-electron chi connectivity index (χ3n) is 3.00. The smallest absolute Gasteiger partial charge is 0.206 e. The first kappa shape index (κ1) is 15.0. The average molecular weight is 315 g/mol. The second-order valence-electron chi connectivity index (χ2n) is 4.83. The zero-order valence-electron chi connectivity index (χ0n) is 12.1. The molecule has 0 aliphatic heterocycles. The maximum atomic E-state index is 12.8. The summed E-state index contributed by atoms with van der Waals surface area (Å²) < 4.78 is 18.1. The molecule has 7 nitrogen and oxygen atoms in total. The van der Waals surface area contributed by atoms with E-state index in [2.05, 4.69) is 20.4 Å². The van der Waals surface area contributed by atoms with Crippen LogP contribution in [0.2, 0.25) is 0 Å². The number of ether oxygens (including phenoxy) is 1. The summed E-state index contributed by atoms with van der Waals surface area (Å²) in [6.45, 7) is 0.170. The highest BCUT2D eigenvalue weighted by Crippen LogP contribution is 2.12. The van der Waals surface area contributed by atoms with Crippen LogP contribution in [0.25, 0.3) is 11.4 Å². The third-order valence-corrected chi connectivity index (χ3v) is 3.00. The van der Waals surface area contributed by atoms with Gasteiger partial charge in [-0.25, -0.2) is 4.39 Å². The Morgan fingerprint density at radius 1 is 1.22 bits per heavy atom. The molecular formula is C15H14FN5O2. The predicted molar refractivity (Wildman–Crippen MR) is 78.9 cm³/mol. The number of aliphatic hydroxyl groups is 1. The quantitative estimate of drug-likeness (QED) is 0.738. The second kappa shape index (κ2) is 6.93. The van der Waals surface area contributed by atoms with Crippen LogP contribution in [0.3, 0.4) is 0 Å². The van der Waals surface area contributed by atoms with Crippen LogP contribution in [-0.2, 0) is 6.54 Å². The predicted octanol–water partition coefficient (Wildman–Crippen LogP) is 1.31. The van der Waals surface area contributed by atoms with E-state index < -0.39 is 6.10 Å². The maximum Gasteiger partial charge on any atom is 0.206 e. The molecule has 0 spiro atoms. The molecule has 0 unspecified atom stereocenters. The highest BCUT2D eigenvalue weighted by atomic mass is 19.1. The van der Waals surface area contributed by atoms with Gasteiger partial charge in [-0.3, -0.25) is 4.98 Å². The lowest BCUT2D eigenvalue weighted by Crippen LogP contribution is -2.25. The minimum Gasteiger partial charge on any atom is -0.491 e. The summed E-state index contributed by atoms with van der Waals surface area (Å²) in [6, 6.07) is 9.18. The number of tetrazole rings is 1. The second-order valence-corrected chi connectivity index (χ2v) is 4.83. The lowest BCUT2D eigenvalue weighted by Gasteiger charge is -2.11. The van der Waals surface area contributed by atoms with Crippen LogP contribution in [0.5, 0.6) is 5.75 Å². The minimum atomic E-state index is -0.823. The number of rotatable bonds is 6. The Morgan fingerprint density at radius 3 is 2.78 bits per heavy atom. The van der Waals surface area contributed by atoms with Crippen molar-refractivity contribution < 1.29 is 14.2 Å². The molecule has 8 heteroatoms. The lowest BCUT2D eigenvalue weighted by atomic mass is 10.3. The summed E-state index contributed by atoms with van der Waals surface area (Å²) in [5.41, 5.74) is 0.746. The summed E-state index contributed by atoms with van der Waals surface area (Å²) in [5.74, 6) is 0.574. The van der Waals surface area contributed by atoms with Gasteiger partial charge in [-0.05, 0) is 41.6 Å². The maximum absolute atomic E-state index is 12.8. The van der Waals surface area contributed by atoms with Crippen molar-refractivity contribution in [3.63, 3.8) is 0 Å². The van der Waals surface area contributed by atoms with Crippen molar-refractivity contribution in [1.29, 1.82) is 0 Å². The van der Waals surface area contributed by atoms with Crippen molar-refractivity contribution in [2.75, 3.05) is 6.61 Å². The number of benzene rings is 1. The molecule has 0 saturated heterocycles. The number of hydrogen-bond acceptors (Lipinski definition) is 6. The highest BCUT2D eigenvalue weighted by Gasteiger charge is 2.11. The van der Waals surface area contributed by atoms with Gasteiger partial charge in [0.05, 0.1) is 6.54 Å². The largest absolute Gasteiger partial charge is 0.491 e. The van der Waals surface area contributed by atoms with E-state index in [0.717, 1.165) is 5.56 Å². The van der Waals surface area contributed by atoms with E-state index in [1.807, 2.05) is 6.07 Å². The number of pyridine rings is 1. The molecule has 0 radical (unpaired) electrons. The van der Waals surface area contributed by atoms with Gasteiger partial charge in [0.25, 0.3) is 0 Å². The van der Waals surface area contributed by atoms with Crippen LogP contribution in [0.4, 0.5) is 4.39 Å². The number of aliphatic hydroxyl groups excluding tert-OH is 1. The molecular weight excluding hydrogens is 301 g/mol. The van der Waals surface area contributed by atoms with Gasteiger partial charge in [-0.15, -0.1) is 10.2 Å². The summed E-state index contributed by atoms with van der Waals surface area (Å²) in [7, 11) is 0. The molecule has 0 aliphatic rings. The first-order valence-corrected chi connectivity index (χ1v) is 6.95. The molecule has 1 atom stereocenters. The standard InChI is InChI=1S/C15H14FN5O2/c16-12-3-5-14(6-4-12)23-10-13(22)9-21-19-15(18-20-21)11-2-1-7-17-8-11/h1-8,13,22H,9-10H2/t13-/m0/s1. The van der Waals surface area contributed by atoms with Crippen LogP contribution in [-0.4, -0.2) is 43.0 Å². The first-order chi connectivity index (χ1) is 11.2. The number of halogens is 1. The Balaban J connectivity index is 1.55. The van der Waals surface area contributed by atoms with E-state index in [0.29, 0.717) is 11.6 Å². The van der Waals surface area contributed by atoms with E-state index in [1.54, 1.807) is 18.5 Å². The van der Waals surface area contributed by atoms with Gasteiger partial charge in [0.15, 0.2) is 0 Å². The SMILES string of the molecule is O[C@H](COc1ccc(F)cc1)Cn1nnc(-c2cccnc2)n1. The fourth-order valence-electron chi connectivity index (χ4n) is 1.90. The summed E-state index contributed by atoms with van der Waals surface area (Å²) in [6.07, 6.45) is 2.47. The molecule has 3 aromatic rings. The molecule has 0 aliphatic carbocycles. The molecule has 2 aromatic heterocycles. The molecule has 1 aromatic carbocycles. The Labute approximate surface area is 131 Å². The Morgan fingerprint density at radius 2 is 2.04 bits per heavy atom. The van der Waals surface area contributed by atoms with Gasteiger partial charge in [0.1, 0.15) is 24.3 Å². The monoisotopic (exact) mass is 315 g/mol. The highest BCUT2D eigenvalue weighted by molar-refractivity contribution is 5.51. The van der Waals surface area contributed by atoms with E-state index >= 15 is 0 Å². The van der Waals surface area contributed by atoms with Crippen molar-refractivity contribution in [3.05, 3.63) is 54.6 Å². The average Bonchev–Trinajstić information content (AvgIpc) is 3.04. The van der Waals surface area contributed by atoms with E-state index in [9.17, 15) is 9.50 Å². The topological polar surface area (TPSA) is 86.0 Å². The van der Waals surface area contributed by atoms with Crippen LogP contribution in [0, 0.1) is 5.82 Å². The first-order valence-electron chi connectivity index (χ1n) is 6.95. The molecule has 3 rings (SSSR count). The third kappa shape index (κ3) is 4.07. The summed E-state index contributed by atoms with van der Waals surface area (Å²) >= 11 is 0. The van der Waals surface area contributed by atoms with Crippen LogP contribution < -0.4 is 4.74 Å². The summed E-state index contributed by atoms with van der Waals surface area (Å²) in [5, 5.41) is 21.9. The zero-order valence-corrected chi connectivity index (χ0v) is 12.1. The lowest BCUT2D eigenvalue weighted by molar-refractivity contribution is 0.0849. The Kier molecular flexibility index (Phi) is 4.53. The van der Waals surface area contributed by atoms with E-state index in [1.165, 1.54) is 29.1 Å². The van der Waals surface area contributed by atoms with Crippen molar-refractivity contribution in [2.24, 2.45) is 0 Å². The Hall–Kier alpha value is -2.87. The van der Waals surface area contributed by atoms with E-state index in [4.69, 9.17) is 4.74 Å². The minimum absolute atomic E-state index is 0.0371. The number of hydrogen-bond donors (Lipinski definition) is 1. The molecule has 0 amide bonds. The van der Waals surface area contributed by atoms with Gasteiger partial charge in [-0.2, -0.15) is 4.80 Å². The Bertz CT molecular complexity index is 748. The number of nitrogens with zero attached hydrogens (tertiary/aromatic N) is 5. The normalized spacial score (nSPS) is 12.1. The molecule has 118 valence electrons. The molecule has 23 heavy (non-hydrogen) atoms. The van der Waals surface area contributed by atoms with Crippen LogP contribution in [0.15, 0.2) is 48.8 Å². The molecule has 2 heterocycles. The fourth-order valence-corrected chi connectivity index (χ4v) is 1.90. The van der Waals surface area contributed by atoms with Crippen molar-refractivity contribution in [1.82, 2.24) is 25.2 Å². The van der Waals surface area contributed by atoms with Crippen molar-refractivity contribution in [3.8, 4) is 17.1 Å². The zero-order chi connectivity index (χ0) is 16.1. The molecule has 0 saturated carbocycles. The molecule has 0 bridgehead atoms. The van der Waals surface area contributed by atoms with E-state index in [-0.39, 0.29) is 19.0 Å². The fraction of sp³-hybridized carbons (Fsp3) is 0.200. The van der Waals surface area contributed by atoms with Gasteiger partial charge in [-0.1, -0.05) is 0 Å². The number of aromatic nitrogens is 5. The molecule has 0 fully saturated rings. The van der Waals surface area contributed by atoms with Crippen LogP contribution >= 0.6 is 0 Å². The molecule has 1 N–H and O–H groups in total. The van der Waals surface area contributed by atoms with Crippen molar-refractivity contribution >= 4 is 0 Å². The van der Waals surface area contributed by atoms with Crippen LogP contribution in [0.1, 0.15) is 0 Å². The van der Waals surface area contributed by atoms with Gasteiger partial charge in [0.2, 0.25) is 5.82 Å². The van der Waals surface area contributed by atoms with Crippen molar-refractivity contribution in [2.45, 2.75) is 12.6 Å². The van der Waals surface area contributed by atoms with Gasteiger partial charge in [0, 0.05) is 18.0 Å². The van der Waals surface area contributed by atoms with Gasteiger partial charge >= 0.3 is 0 Å².